The fraction of sp³-hybridized carbons (Fsp3) is 0.632. The third-order valence-corrected chi connectivity index (χ3v) is 13.8. The molecule has 15 nitrogen and oxygen atoms in total. The Morgan fingerprint density at radius 3 is 2.50 bits per heavy atom. The minimum atomic E-state index is -3.98. The lowest BCUT2D eigenvalue weighted by molar-refractivity contribution is -0.141. The Balaban J connectivity index is 1.17. The molecule has 3 N–H and O–H groups in total. The van der Waals surface area contributed by atoms with E-state index in [-0.39, 0.29) is 31.4 Å². The van der Waals surface area contributed by atoms with Crippen molar-refractivity contribution in [1.29, 1.82) is 0 Å². The SMILES string of the molecule is COc1ccc2nc(C)c(O[C@@H]3C[C@H]4C(=O)N[C@]5(C(=O)NS(=O)(=O)C6(C)CC6)C[C@H]5/C=C/CCCCC[C@H](NC(=O)OC5CCCC5)C(=O)N4C3)nc2c1. The number of allylic oxidation sites excluding steroid dienone is 1. The minimum Gasteiger partial charge on any atom is -0.497 e. The van der Waals surface area contributed by atoms with Gasteiger partial charge in [-0.2, -0.15) is 0 Å². The Bertz CT molecular complexity index is 1950. The van der Waals surface area contributed by atoms with Crippen molar-refractivity contribution in [3.05, 3.63) is 36.0 Å². The van der Waals surface area contributed by atoms with Crippen molar-refractivity contribution in [3.63, 3.8) is 0 Å². The molecule has 1 saturated heterocycles. The summed E-state index contributed by atoms with van der Waals surface area (Å²) in [7, 11) is -2.43. The molecule has 4 fully saturated rings. The number of carbonyl (C=O) groups is 4. The molecule has 0 bridgehead atoms. The van der Waals surface area contributed by atoms with Crippen molar-refractivity contribution in [2.45, 2.75) is 132 Å². The lowest BCUT2D eigenvalue weighted by Gasteiger charge is -2.30. The number of aryl methyl sites for hydroxylation is 1. The minimum absolute atomic E-state index is 0.0146. The number of aromatic nitrogens is 2. The molecule has 0 spiro atoms. The Kier molecular flexibility index (Phi) is 10.5. The van der Waals surface area contributed by atoms with Crippen molar-refractivity contribution in [1.82, 2.24) is 30.2 Å². The van der Waals surface area contributed by atoms with Crippen molar-refractivity contribution < 1.29 is 41.8 Å². The normalized spacial score (nSPS) is 29.1. The summed E-state index contributed by atoms with van der Waals surface area (Å²) in [5, 5.41) is 5.69. The Labute approximate surface area is 315 Å². The van der Waals surface area contributed by atoms with E-state index in [1.165, 1.54) is 4.90 Å². The number of benzene rings is 1. The number of hydrogen-bond acceptors (Lipinski definition) is 11. The molecule has 2 aliphatic heterocycles. The average Bonchev–Trinajstić information content (AvgIpc) is 3.91. The molecule has 0 unspecified atom stereocenters. The number of amides is 4. The van der Waals surface area contributed by atoms with Gasteiger partial charge in [0, 0.05) is 18.4 Å². The van der Waals surface area contributed by atoms with Gasteiger partial charge in [-0.25, -0.2) is 23.2 Å². The van der Waals surface area contributed by atoms with Crippen molar-refractivity contribution >= 4 is 44.9 Å². The number of alkyl carbamates (subject to hydrolysis) is 1. The maximum absolute atomic E-state index is 14.5. The van der Waals surface area contributed by atoms with Gasteiger partial charge in [0.1, 0.15) is 41.3 Å². The van der Waals surface area contributed by atoms with E-state index < -0.39 is 68.2 Å². The lowest BCUT2D eigenvalue weighted by atomic mass is 10.0. The van der Waals surface area contributed by atoms with E-state index in [1.807, 2.05) is 12.2 Å². The zero-order valence-electron chi connectivity index (χ0n) is 31.1. The second kappa shape index (κ2) is 15.0. The highest BCUT2D eigenvalue weighted by Crippen LogP contribution is 2.47. The van der Waals surface area contributed by atoms with E-state index in [2.05, 4.69) is 25.3 Å². The van der Waals surface area contributed by atoms with Crippen molar-refractivity contribution in [2.75, 3.05) is 13.7 Å². The molecule has 3 saturated carbocycles. The molecule has 5 atom stereocenters. The van der Waals surface area contributed by atoms with Crippen LogP contribution < -0.4 is 24.8 Å². The molecule has 4 amide bonds. The van der Waals surface area contributed by atoms with Gasteiger partial charge in [0.25, 0.3) is 5.91 Å². The molecule has 2 aromatic rings. The second-order valence-corrected chi connectivity index (χ2v) is 17.9. The fourth-order valence-electron chi connectivity index (χ4n) is 7.78. The van der Waals surface area contributed by atoms with Crippen LogP contribution in [0.2, 0.25) is 0 Å². The van der Waals surface area contributed by atoms with Crippen LogP contribution in [0, 0.1) is 12.8 Å². The van der Waals surface area contributed by atoms with Crippen LogP contribution >= 0.6 is 0 Å². The first-order chi connectivity index (χ1) is 25.8. The van der Waals surface area contributed by atoms with Crippen LogP contribution in [0.3, 0.4) is 0 Å². The highest BCUT2D eigenvalue weighted by Gasteiger charge is 2.63. The highest BCUT2D eigenvalue weighted by molar-refractivity contribution is 7.91. The van der Waals surface area contributed by atoms with Crippen LogP contribution in [0.5, 0.6) is 11.6 Å². The predicted molar refractivity (Wildman–Crippen MR) is 197 cm³/mol. The van der Waals surface area contributed by atoms with Gasteiger partial charge in [0.2, 0.25) is 27.7 Å². The lowest BCUT2D eigenvalue weighted by Crippen LogP contribution is -2.58. The van der Waals surface area contributed by atoms with Crippen molar-refractivity contribution in [2.24, 2.45) is 5.92 Å². The number of carbonyl (C=O) groups excluding carboxylic acids is 4. The molecule has 0 radical (unpaired) electrons. The molecule has 292 valence electrons. The van der Waals surface area contributed by atoms with Gasteiger partial charge in [-0.1, -0.05) is 25.0 Å². The molecule has 7 rings (SSSR count). The zero-order chi connectivity index (χ0) is 38.3. The number of ether oxygens (including phenoxy) is 3. The smallest absolute Gasteiger partial charge is 0.408 e. The topological polar surface area (TPSA) is 195 Å². The van der Waals surface area contributed by atoms with Crippen LogP contribution in [-0.2, 0) is 29.1 Å². The van der Waals surface area contributed by atoms with Crippen LogP contribution in [0.15, 0.2) is 30.4 Å². The van der Waals surface area contributed by atoms with Gasteiger partial charge in [-0.05, 0) is 90.2 Å². The first-order valence-electron chi connectivity index (χ1n) is 19.1. The maximum atomic E-state index is 14.5. The van der Waals surface area contributed by atoms with Crippen molar-refractivity contribution in [3.8, 4) is 11.6 Å². The molecule has 3 heterocycles. The third kappa shape index (κ3) is 7.85. The van der Waals surface area contributed by atoms with E-state index in [0.717, 1.165) is 38.5 Å². The number of hydrogen-bond donors (Lipinski definition) is 3. The van der Waals surface area contributed by atoms with Crippen LogP contribution in [0.4, 0.5) is 4.79 Å². The number of sulfonamides is 1. The summed E-state index contributed by atoms with van der Waals surface area (Å²) in [5.74, 6) is -1.50. The standard InChI is InChI=1S/C38H50N6O9S/c1-23-33(40-30-19-26(51-3)15-16-28(30)39-23)52-27-20-31-32(45)42-38(35(47)43-54(49,50)37(2)17-18-37)21-24(38)11-7-5-4-6-8-14-29(34(46)44(31)22-27)41-36(48)53-25-12-9-10-13-25/h7,11,15-16,19,24-25,27,29,31H,4-6,8-10,12-14,17-18,20-22H2,1-3H3,(H,41,48)(H,42,45)(H,43,47)/b11-7+/t24-,27-,29+,31+,38-/m1/s1. The number of rotatable bonds is 8. The Morgan fingerprint density at radius 1 is 1.00 bits per heavy atom. The van der Waals surface area contributed by atoms with E-state index in [0.29, 0.717) is 54.6 Å². The molecule has 1 aromatic heterocycles. The summed E-state index contributed by atoms with van der Waals surface area (Å²) in [5.41, 5.74) is 0.178. The first kappa shape index (κ1) is 37.8. The number of methoxy groups -OCH3 is 1. The average molecular weight is 767 g/mol. The summed E-state index contributed by atoms with van der Waals surface area (Å²) in [6.07, 6.45) is 10.1. The summed E-state index contributed by atoms with van der Waals surface area (Å²) in [6.45, 7) is 3.33. The summed E-state index contributed by atoms with van der Waals surface area (Å²) < 4.78 is 44.9. The molecule has 1 aromatic carbocycles. The highest BCUT2D eigenvalue weighted by atomic mass is 32.2. The number of nitrogens with one attached hydrogen (secondary N) is 3. The van der Waals surface area contributed by atoms with Gasteiger partial charge in [-0.15, -0.1) is 0 Å². The van der Waals surface area contributed by atoms with Crippen LogP contribution in [-0.4, -0.2) is 95.3 Å². The number of fused-ring (bicyclic) bond motifs is 3. The Hall–Kier alpha value is -4.47. The molecular weight excluding hydrogens is 717 g/mol. The summed E-state index contributed by atoms with van der Waals surface area (Å²) in [6, 6.07) is 3.23. The monoisotopic (exact) mass is 766 g/mol. The zero-order valence-corrected chi connectivity index (χ0v) is 31.9. The quantitative estimate of drug-likeness (QED) is 0.332. The largest absolute Gasteiger partial charge is 0.497 e. The number of nitrogens with zero attached hydrogens (tertiary/aromatic N) is 3. The third-order valence-electron chi connectivity index (χ3n) is 11.6. The predicted octanol–water partition coefficient (Wildman–Crippen LogP) is 3.73. The van der Waals surface area contributed by atoms with Crippen LogP contribution in [0.25, 0.3) is 11.0 Å². The molecule has 54 heavy (non-hydrogen) atoms. The van der Waals surface area contributed by atoms with Gasteiger partial charge < -0.3 is 29.7 Å². The van der Waals surface area contributed by atoms with E-state index >= 15 is 0 Å². The molecule has 3 aliphatic carbocycles. The first-order valence-corrected chi connectivity index (χ1v) is 20.6. The fourth-order valence-corrected chi connectivity index (χ4v) is 9.10. The van der Waals surface area contributed by atoms with Crippen LogP contribution in [0.1, 0.15) is 96.1 Å². The second-order valence-electron chi connectivity index (χ2n) is 15.7. The van der Waals surface area contributed by atoms with Gasteiger partial charge in [0.15, 0.2) is 0 Å². The van der Waals surface area contributed by atoms with Gasteiger partial charge in [0.05, 0.1) is 29.4 Å². The Morgan fingerprint density at radius 2 is 1.76 bits per heavy atom. The molecule has 5 aliphatic rings. The summed E-state index contributed by atoms with van der Waals surface area (Å²) >= 11 is 0. The van der Waals surface area contributed by atoms with E-state index in [4.69, 9.17) is 14.2 Å². The summed E-state index contributed by atoms with van der Waals surface area (Å²) in [4.78, 5) is 66.6. The van der Waals surface area contributed by atoms with Gasteiger partial charge >= 0.3 is 6.09 Å². The van der Waals surface area contributed by atoms with E-state index in [1.54, 1.807) is 39.2 Å². The molecular formula is C38H50N6O9S. The van der Waals surface area contributed by atoms with Gasteiger partial charge in [-0.3, -0.25) is 19.1 Å². The molecule has 16 heteroatoms. The van der Waals surface area contributed by atoms with E-state index in [9.17, 15) is 27.6 Å². The maximum Gasteiger partial charge on any atom is 0.408 e.